The van der Waals surface area contributed by atoms with E-state index in [-0.39, 0.29) is 5.82 Å². The van der Waals surface area contributed by atoms with Crippen molar-refractivity contribution in [2.24, 2.45) is 0 Å². The molecule has 2 heterocycles. The first-order chi connectivity index (χ1) is 14.2. The van der Waals surface area contributed by atoms with Gasteiger partial charge in [-0.25, -0.2) is 9.78 Å². The van der Waals surface area contributed by atoms with Gasteiger partial charge in [0, 0.05) is 11.2 Å². The maximum atomic E-state index is 13.0. The van der Waals surface area contributed by atoms with Crippen LogP contribution in [-0.2, 0) is 15.1 Å². The Bertz CT molecular complexity index is 1010. The lowest BCUT2D eigenvalue weighted by atomic mass is 9.92. The third-order valence-corrected chi connectivity index (χ3v) is 4.72. The summed E-state index contributed by atoms with van der Waals surface area (Å²) >= 11 is 5.86. The predicted octanol–water partition coefficient (Wildman–Crippen LogP) is 3.10. The normalized spacial score (nSPS) is 18.2. The average molecular weight is 429 g/mol. The second kappa shape index (κ2) is 8.54. The zero-order valence-corrected chi connectivity index (χ0v) is 17.3. The molecule has 1 aliphatic rings. The molecule has 1 saturated heterocycles. The van der Waals surface area contributed by atoms with E-state index >= 15 is 0 Å². The topological polar surface area (TPSA) is 101 Å². The van der Waals surface area contributed by atoms with Crippen LogP contribution in [0, 0.1) is 0 Å². The number of rotatable bonds is 7. The van der Waals surface area contributed by atoms with Crippen LogP contribution in [0.5, 0.6) is 5.75 Å². The number of nitrogens with zero attached hydrogens (tertiary/aromatic N) is 2. The Labute approximate surface area is 178 Å². The van der Waals surface area contributed by atoms with Crippen molar-refractivity contribution in [3.63, 3.8) is 0 Å². The summed E-state index contributed by atoms with van der Waals surface area (Å²) in [5, 5.41) is 5.58. The zero-order valence-electron chi connectivity index (χ0n) is 16.6. The molecule has 4 amide bonds. The number of pyridine rings is 1. The highest BCUT2D eigenvalue weighted by molar-refractivity contribution is 6.30. The zero-order chi connectivity index (χ0) is 21.9. The van der Waals surface area contributed by atoms with Gasteiger partial charge in [-0.2, -0.15) is 0 Å². The molecule has 1 aliphatic heterocycles. The Morgan fingerprint density at radius 3 is 2.63 bits per heavy atom. The summed E-state index contributed by atoms with van der Waals surface area (Å²) in [5.41, 5.74) is 0.160. The molecule has 1 aromatic carbocycles. The fraction of sp³-hybridized carbons (Fsp3) is 0.238. The fourth-order valence-corrected chi connectivity index (χ4v) is 3.09. The second-order valence-corrected chi connectivity index (χ2v) is 7.56. The minimum atomic E-state index is -1.29. The summed E-state index contributed by atoms with van der Waals surface area (Å²) in [6.07, 6.45) is 1.44. The number of amides is 4. The third-order valence-electron chi connectivity index (χ3n) is 4.48. The fourth-order valence-electron chi connectivity index (χ4n) is 2.93. The molecule has 0 radical (unpaired) electrons. The van der Waals surface area contributed by atoms with Crippen LogP contribution in [0.1, 0.15) is 19.4 Å². The standard InChI is InChI=1S/C21H21ClN4O4/c1-13(2)12-30-16-6-4-14(5-7-16)21(3)19(28)26(20(29)25-21)11-18(27)24-17-10-15(22)8-9-23-17/h4-10H,1,11-12H2,2-3H3,(H,25,29)(H,23,24,27). The Hall–Kier alpha value is -3.39. The van der Waals surface area contributed by atoms with Crippen molar-refractivity contribution < 1.29 is 19.1 Å². The van der Waals surface area contributed by atoms with E-state index in [1.807, 2.05) is 6.92 Å². The van der Waals surface area contributed by atoms with E-state index in [0.29, 0.717) is 22.9 Å². The molecule has 30 heavy (non-hydrogen) atoms. The highest BCUT2D eigenvalue weighted by atomic mass is 35.5. The first-order valence-electron chi connectivity index (χ1n) is 9.12. The molecular weight excluding hydrogens is 408 g/mol. The molecule has 1 aromatic heterocycles. The highest BCUT2D eigenvalue weighted by Gasteiger charge is 2.49. The number of nitrogens with one attached hydrogen (secondary N) is 2. The lowest BCUT2D eigenvalue weighted by molar-refractivity contribution is -0.133. The predicted molar refractivity (Wildman–Crippen MR) is 112 cm³/mol. The SMILES string of the molecule is C=C(C)COc1ccc(C2(C)NC(=O)N(CC(=O)Nc3cc(Cl)ccn3)C2=O)cc1. The van der Waals surface area contributed by atoms with Crippen molar-refractivity contribution in [3.05, 3.63) is 65.3 Å². The van der Waals surface area contributed by atoms with E-state index in [1.54, 1.807) is 37.3 Å². The van der Waals surface area contributed by atoms with Gasteiger partial charge in [0.1, 0.15) is 30.3 Å². The van der Waals surface area contributed by atoms with Crippen LogP contribution in [-0.4, -0.2) is 40.9 Å². The Morgan fingerprint density at radius 2 is 2.00 bits per heavy atom. The van der Waals surface area contributed by atoms with Gasteiger partial charge in [0.2, 0.25) is 5.91 Å². The van der Waals surface area contributed by atoms with Crippen molar-refractivity contribution in [1.82, 2.24) is 15.2 Å². The molecule has 2 aromatic rings. The first-order valence-corrected chi connectivity index (χ1v) is 9.50. The Kier molecular flexibility index (Phi) is 6.07. The summed E-state index contributed by atoms with van der Waals surface area (Å²) in [4.78, 5) is 42.5. The highest BCUT2D eigenvalue weighted by Crippen LogP contribution is 2.30. The van der Waals surface area contributed by atoms with Crippen LogP contribution in [0.3, 0.4) is 0 Å². The minimum Gasteiger partial charge on any atom is -0.489 e. The van der Waals surface area contributed by atoms with Crippen molar-refractivity contribution in [2.45, 2.75) is 19.4 Å². The van der Waals surface area contributed by atoms with E-state index in [4.69, 9.17) is 16.3 Å². The number of benzene rings is 1. The van der Waals surface area contributed by atoms with Crippen LogP contribution >= 0.6 is 11.6 Å². The van der Waals surface area contributed by atoms with Crippen molar-refractivity contribution in [3.8, 4) is 5.75 Å². The second-order valence-electron chi connectivity index (χ2n) is 7.12. The summed E-state index contributed by atoms with van der Waals surface area (Å²) in [6, 6.07) is 9.20. The molecule has 0 bridgehead atoms. The van der Waals surface area contributed by atoms with Crippen LogP contribution < -0.4 is 15.4 Å². The van der Waals surface area contributed by atoms with Gasteiger partial charge in [-0.3, -0.25) is 14.5 Å². The number of halogens is 1. The number of carbonyl (C=O) groups is 3. The molecule has 2 N–H and O–H groups in total. The van der Waals surface area contributed by atoms with Gasteiger partial charge in [-0.15, -0.1) is 0 Å². The van der Waals surface area contributed by atoms with Crippen LogP contribution in [0.25, 0.3) is 0 Å². The van der Waals surface area contributed by atoms with Gasteiger partial charge in [0.15, 0.2) is 0 Å². The van der Waals surface area contributed by atoms with Gasteiger partial charge >= 0.3 is 6.03 Å². The summed E-state index contributed by atoms with van der Waals surface area (Å²) in [7, 11) is 0. The monoisotopic (exact) mass is 428 g/mol. The van der Waals surface area contributed by atoms with E-state index < -0.39 is 29.9 Å². The minimum absolute atomic E-state index is 0.229. The van der Waals surface area contributed by atoms with Crippen LogP contribution in [0.2, 0.25) is 5.02 Å². The molecule has 0 saturated carbocycles. The van der Waals surface area contributed by atoms with Gasteiger partial charge in [0.25, 0.3) is 5.91 Å². The first kappa shape index (κ1) is 21.3. The number of anilines is 1. The molecule has 3 rings (SSSR count). The van der Waals surface area contributed by atoms with E-state index in [0.717, 1.165) is 10.5 Å². The number of carbonyl (C=O) groups excluding carboxylic acids is 3. The number of aromatic nitrogens is 1. The van der Waals surface area contributed by atoms with E-state index in [1.165, 1.54) is 12.3 Å². The number of imide groups is 1. The lowest BCUT2D eigenvalue weighted by Gasteiger charge is -2.22. The average Bonchev–Trinajstić information content (AvgIpc) is 2.90. The van der Waals surface area contributed by atoms with Gasteiger partial charge in [0.05, 0.1) is 0 Å². The van der Waals surface area contributed by atoms with Gasteiger partial charge in [-0.1, -0.05) is 30.3 Å². The van der Waals surface area contributed by atoms with Crippen molar-refractivity contribution in [1.29, 1.82) is 0 Å². The lowest BCUT2D eigenvalue weighted by Crippen LogP contribution is -2.42. The molecule has 0 spiro atoms. The molecule has 8 nitrogen and oxygen atoms in total. The summed E-state index contributed by atoms with van der Waals surface area (Å²) in [5.74, 6) is -0.251. The quantitative estimate of drug-likeness (QED) is 0.521. The van der Waals surface area contributed by atoms with E-state index in [9.17, 15) is 14.4 Å². The number of ether oxygens (including phenoxy) is 1. The van der Waals surface area contributed by atoms with Gasteiger partial charge < -0.3 is 15.4 Å². The third kappa shape index (κ3) is 4.60. The molecule has 1 unspecified atom stereocenters. The van der Waals surface area contributed by atoms with Crippen molar-refractivity contribution >= 4 is 35.3 Å². The van der Waals surface area contributed by atoms with Gasteiger partial charge in [-0.05, 0) is 49.2 Å². The molecule has 0 aliphatic carbocycles. The van der Waals surface area contributed by atoms with Crippen LogP contribution in [0.4, 0.5) is 10.6 Å². The molecule has 9 heteroatoms. The maximum absolute atomic E-state index is 13.0. The molecule has 156 valence electrons. The van der Waals surface area contributed by atoms with Crippen molar-refractivity contribution in [2.75, 3.05) is 18.5 Å². The Balaban J connectivity index is 1.70. The smallest absolute Gasteiger partial charge is 0.325 e. The van der Waals surface area contributed by atoms with Crippen LogP contribution in [0.15, 0.2) is 54.7 Å². The number of urea groups is 1. The van der Waals surface area contributed by atoms with E-state index in [2.05, 4.69) is 22.2 Å². The summed E-state index contributed by atoms with van der Waals surface area (Å²) < 4.78 is 5.55. The molecule has 1 fully saturated rings. The Morgan fingerprint density at radius 1 is 1.30 bits per heavy atom. The molecule has 1 atom stereocenters. The maximum Gasteiger partial charge on any atom is 0.325 e. The largest absolute Gasteiger partial charge is 0.489 e. The number of hydrogen-bond acceptors (Lipinski definition) is 5. The summed E-state index contributed by atoms with van der Waals surface area (Å²) in [6.45, 7) is 7.16. The number of hydrogen-bond donors (Lipinski definition) is 2. The molecular formula is C21H21ClN4O4.